The van der Waals surface area contributed by atoms with Gasteiger partial charge in [-0.15, -0.1) is 0 Å². The van der Waals surface area contributed by atoms with Crippen molar-refractivity contribution in [2.24, 2.45) is 0 Å². The summed E-state index contributed by atoms with van der Waals surface area (Å²) in [6.45, 7) is 8.27. The predicted molar refractivity (Wildman–Crippen MR) is 108 cm³/mol. The standard InChI is InChI=1S/C15H27NO4Si.C5H5.Fe/c1-4-18-21(19-5-2,20-6-3)13-9-12-16-15(17)14-10-7-8-11-14;1-2-4-5-3-1;/h7-8,10-11,16-17H,4-6,9,12-13H2,1-3H3;1-5H;/q;-1;. The van der Waals surface area contributed by atoms with Crippen LogP contribution in [0.5, 0.6) is 0 Å². The summed E-state index contributed by atoms with van der Waals surface area (Å²) < 4.78 is 17.4. The van der Waals surface area contributed by atoms with E-state index in [1.54, 1.807) is 0 Å². The Labute approximate surface area is 175 Å². The van der Waals surface area contributed by atoms with E-state index >= 15 is 0 Å². The Kier molecular flexibility index (Phi) is 15.1. The van der Waals surface area contributed by atoms with Crippen LogP contribution in [-0.4, -0.2) is 40.3 Å². The van der Waals surface area contributed by atoms with E-state index in [0.717, 1.165) is 18.0 Å². The van der Waals surface area contributed by atoms with Crippen LogP contribution in [0.3, 0.4) is 0 Å². The normalized spacial score (nSPS) is 12.3. The third-order valence-electron chi connectivity index (χ3n) is 3.54. The Balaban J connectivity index is 0.000000969. The van der Waals surface area contributed by atoms with Crippen LogP contribution < -0.4 is 5.32 Å². The van der Waals surface area contributed by atoms with E-state index in [4.69, 9.17) is 13.3 Å². The molecule has 0 aliphatic heterocycles. The van der Waals surface area contributed by atoms with Gasteiger partial charge in [-0.25, -0.2) is 12.1 Å². The smallest absolute Gasteiger partial charge is 0.494 e. The van der Waals surface area contributed by atoms with Crippen molar-refractivity contribution in [3.8, 4) is 0 Å². The number of rotatable bonds is 11. The third kappa shape index (κ3) is 10.6. The van der Waals surface area contributed by atoms with Crippen molar-refractivity contribution in [1.29, 1.82) is 0 Å². The molecule has 1 aliphatic carbocycles. The first-order chi connectivity index (χ1) is 12.7. The number of allylic oxidation sites excluding steroid dienone is 5. The van der Waals surface area contributed by atoms with Gasteiger partial charge in [-0.05, 0) is 39.3 Å². The van der Waals surface area contributed by atoms with Crippen molar-refractivity contribution < 1.29 is 35.5 Å². The SMILES string of the molecule is CCO[Si](CCCNC(O)=C1C=CC=C1)(OCC)OCC.[Fe].c1cc[cH-]c1. The van der Waals surface area contributed by atoms with E-state index in [0.29, 0.717) is 26.4 Å². The molecule has 1 aliphatic rings. The second-order valence-electron chi connectivity index (χ2n) is 5.50. The Morgan fingerprint density at radius 3 is 1.93 bits per heavy atom. The van der Waals surface area contributed by atoms with E-state index < -0.39 is 8.80 Å². The zero-order chi connectivity index (χ0) is 19.1. The topological polar surface area (TPSA) is 60.0 Å². The number of hydrogen-bond donors (Lipinski definition) is 2. The molecule has 2 rings (SSSR count). The molecule has 7 heteroatoms. The number of aliphatic hydroxyl groups is 1. The first kappa shape index (κ1) is 25.8. The maximum absolute atomic E-state index is 9.87. The van der Waals surface area contributed by atoms with E-state index in [1.165, 1.54) is 0 Å². The van der Waals surface area contributed by atoms with Crippen molar-refractivity contribution in [3.05, 3.63) is 66.1 Å². The van der Waals surface area contributed by atoms with Crippen LogP contribution in [0.1, 0.15) is 27.2 Å². The zero-order valence-corrected chi connectivity index (χ0v) is 18.6. The summed E-state index contributed by atoms with van der Waals surface area (Å²) in [6, 6.07) is 10.7. The molecule has 27 heavy (non-hydrogen) atoms. The molecule has 0 unspecified atom stereocenters. The van der Waals surface area contributed by atoms with Gasteiger partial charge in [0.1, 0.15) is 0 Å². The molecule has 2 N–H and O–H groups in total. The van der Waals surface area contributed by atoms with Crippen molar-refractivity contribution in [2.75, 3.05) is 26.4 Å². The molecule has 154 valence electrons. The number of aliphatic hydroxyl groups excluding tert-OH is 1. The van der Waals surface area contributed by atoms with Crippen LogP contribution in [0.25, 0.3) is 0 Å². The van der Waals surface area contributed by atoms with E-state index in [2.05, 4.69) is 5.32 Å². The maximum Gasteiger partial charge on any atom is 0.500 e. The average Bonchev–Trinajstić information content (AvgIpc) is 3.35. The minimum absolute atomic E-state index is 0. The summed E-state index contributed by atoms with van der Waals surface area (Å²) in [4.78, 5) is 0. The third-order valence-corrected chi connectivity index (χ3v) is 6.69. The molecule has 1 aromatic carbocycles. The summed E-state index contributed by atoms with van der Waals surface area (Å²) in [5, 5.41) is 12.9. The Morgan fingerprint density at radius 1 is 1.00 bits per heavy atom. The molecule has 5 nitrogen and oxygen atoms in total. The summed E-state index contributed by atoms with van der Waals surface area (Å²) in [5.41, 5.74) is 0.804. The summed E-state index contributed by atoms with van der Waals surface area (Å²) in [6.07, 6.45) is 8.33. The second-order valence-corrected chi connectivity index (χ2v) is 8.23. The van der Waals surface area contributed by atoms with Gasteiger partial charge in [-0.2, -0.15) is 18.2 Å². The molecule has 0 fully saturated rings. The van der Waals surface area contributed by atoms with E-state index in [1.807, 2.05) is 75.4 Å². The molecule has 0 spiro atoms. The van der Waals surface area contributed by atoms with Gasteiger partial charge in [0.05, 0.1) is 0 Å². The Hall–Kier alpha value is -1.21. The van der Waals surface area contributed by atoms with Crippen LogP contribution in [0.4, 0.5) is 0 Å². The molecule has 0 aromatic heterocycles. The van der Waals surface area contributed by atoms with Gasteiger partial charge in [0.15, 0.2) is 5.88 Å². The summed E-state index contributed by atoms with van der Waals surface area (Å²) >= 11 is 0. The first-order valence-corrected chi connectivity index (χ1v) is 11.2. The van der Waals surface area contributed by atoms with Gasteiger partial charge < -0.3 is 23.7 Å². The van der Waals surface area contributed by atoms with Gasteiger partial charge in [0.2, 0.25) is 0 Å². The maximum atomic E-state index is 9.87. The van der Waals surface area contributed by atoms with Crippen LogP contribution in [0, 0.1) is 0 Å². The summed E-state index contributed by atoms with van der Waals surface area (Å²) in [5.74, 6) is 0.205. The number of nitrogens with one attached hydrogen (secondary N) is 1. The summed E-state index contributed by atoms with van der Waals surface area (Å²) in [7, 11) is -2.56. The van der Waals surface area contributed by atoms with Crippen molar-refractivity contribution >= 4 is 8.80 Å². The Bertz CT molecular complexity index is 510. The Morgan fingerprint density at radius 2 is 1.52 bits per heavy atom. The molecule has 1 aromatic rings. The van der Waals surface area contributed by atoms with Gasteiger partial charge in [0.25, 0.3) is 0 Å². The van der Waals surface area contributed by atoms with Crippen LogP contribution in [0.2, 0.25) is 6.04 Å². The fourth-order valence-corrected chi connectivity index (χ4v) is 5.08. The quantitative estimate of drug-likeness (QED) is 0.235. The van der Waals surface area contributed by atoms with E-state index in [-0.39, 0.29) is 23.0 Å². The molecule has 0 atom stereocenters. The molecule has 0 heterocycles. The first-order valence-electron chi connectivity index (χ1n) is 9.27. The molecule has 0 saturated heterocycles. The van der Waals surface area contributed by atoms with Crippen LogP contribution >= 0.6 is 0 Å². The average molecular weight is 434 g/mol. The molecule has 0 saturated carbocycles. The van der Waals surface area contributed by atoms with Crippen LogP contribution in [0.15, 0.2) is 66.1 Å². The monoisotopic (exact) mass is 434 g/mol. The molecular weight excluding hydrogens is 402 g/mol. The number of hydrogen-bond acceptors (Lipinski definition) is 5. The predicted octanol–water partition coefficient (Wildman–Crippen LogP) is 4.31. The van der Waals surface area contributed by atoms with Crippen LogP contribution in [-0.2, 0) is 30.3 Å². The molecule has 0 bridgehead atoms. The van der Waals surface area contributed by atoms with Crippen molar-refractivity contribution in [1.82, 2.24) is 5.32 Å². The zero-order valence-electron chi connectivity index (χ0n) is 16.5. The van der Waals surface area contributed by atoms with Gasteiger partial charge in [0, 0.05) is 55.1 Å². The van der Waals surface area contributed by atoms with Crippen molar-refractivity contribution in [3.63, 3.8) is 0 Å². The largest absolute Gasteiger partial charge is 0.500 e. The minimum Gasteiger partial charge on any atom is -0.494 e. The molecule has 0 amide bonds. The van der Waals surface area contributed by atoms with Gasteiger partial charge in [-0.1, -0.05) is 12.2 Å². The fourth-order valence-electron chi connectivity index (χ4n) is 2.47. The molecule has 0 radical (unpaired) electrons. The fraction of sp³-hybridized carbons (Fsp3) is 0.450. The second kappa shape index (κ2) is 15.8. The van der Waals surface area contributed by atoms with Gasteiger partial charge in [-0.3, -0.25) is 0 Å². The minimum atomic E-state index is -2.56. The van der Waals surface area contributed by atoms with Crippen molar-refractivity contribution in [2.45, 2.75) is 33.2 Å². The molecular formula is C20H32FeNO4Si-. The van der Waals surface area contributed by atoms with Gasteiger partial charge >= 0.3 is 8.80 Å². The van der Waals surface area contributed by atoms with E-state index in [9.17, 15) is 5.11 Å².